The van der Waals surface area contributed by atoms with Gasteiger partial charge in [0.05, 0.1) is 0 Å². The molecule has 30 heavy (non-hydrogen) atoms. The van der Waals surface area contributed by atoms with Crippen LogP contribution in [0.5, 0.6) is 0 Å². The third kappa shape index (κ3) is 5.55. The van der Waals surface area contributed by atoms with Crippen molar-refractivity contribution in [3.8, 4) is 0 Å². The maximum atomic E-state index is 12.7. The average Bonchev–Trinajstić information content (AvgIpc) is 3.17. The number of hydrogen-bond acceptors (Lipinski definition) is 7. The Morgan fingerprint density at radius 3 is 2.53 bits per heavy atom. The average molecular weight is 452 g/mol. The lowest BCUT2D eigenvalue weighted by Crippen LogP contribution is -2.34. The zero-order valence-electron chi connectivity index (χ0n) is 17.8. The highest BCUT2D eigenvalue weighted by molar-refractivity contribution is 7.91. The Morgan fingerprint density at radius 2 is 1.90 bits per heavy atom. The second-order valence-electron chi connectivity index (χ2n) is 8.14. The Labute approximate surface area is 182 Å². The van der Waals surface area contributed by atoms with E-state index in [1.807, 2.05) is 24.3 Å². The summed E-state index contributed by atoms with van der Waals surface area (Å²) < 4.78 is 27.8. The molecule has 10 heteroatoms. The number of amides is 1. The normalized spacial score (nSPS) is 18.4. The van der Waals surface area contributed by atoms with Crippen molar-refractivity contribution in [3.63, 3.8) is 0 Å². The number of carbonyl (C=O) groups is 1. The van der Waals surface area contributed by atoms with Crippen LogP contribution in [0.25, 0.3) is 0 Å². The van der Waals surface area contributed by atoms with Crippen LogP contribution >= 0.6 is 11.3 Å². The molecule has 0 unspecified atom stereocenters. The van der Waals surface area contributed by atoms with Gasteiger partial charge in [0.15, 0.2) is 0 Å². The molecule has 2 aromatic rings. The van der Waals surface area contributed by atoms with Crippen LogP contribution in [0.4, 0.5) is 10.8 Å². The number of carbonyl (C=O) groups excluding carboxylic acids is 1. The van der Waals surface area contributed by atoms with E-state index in [1.165, 1.54) is 12.8 Å². The van der Waals surface area contributed by atoms with Crippen LogP contribution in [0, 0.1) is 11.8 Å². The van der Waals surface area contributed by atoms with Crippen LogP contribution in [0.2, 0.25) is 0 Å². The summed E-state index contributed by atoms with van der Waals surface area (Å²) >= 11 is 0.833. The number of nitrogens with zero attached hydrogens (tertiary/aromatic N) is 3. The maximum absolute atomic E-state index is 12.7. The molecule has 1 aliphatic heterocycles. The summed E-state index contributed by atoms with van der Waals surface area (Å²) in [7, 11) is -3.85. The van der Waals surface area contributed by atoms with E-state index in [0.29, 0.717) is 5.92 Å². The van der Waals surface area contributed by atoms with Gasteiger partial charge in [-0.25, -0.2) is 13.1 Å². The van der Waals surface area contributed by atoms with Crippen molar-refractivity contribution in [2.45, 2.75) is 50.9 Å². The monoisotopic (exact) mass is 451 g/mol. The number of piperidine rings is 1. The van der Waals surface area contributed by atoms with E-state index < -0.39 is 16.1 Å². The molecule has 1 fully saturated rings. The number of nitrogens with one attached hydrogen (secondary N) is 2. The highest BCUT2D eigenvalue weighted by atomic mass is 32.2. The first-order valence-electron chi connectivity index (χ1n) is 10.2. The number of rotatable bonds is 7. The van der Waals surface area contributed by atoms with E-state index in [-0.39, 0.29) is 21.3 Å². The summed E-state index contributed by atoms with van der Waals surface area (Å²) in [6.07, 6.45) is 2.46. The van der Waals surface area contributed by atoms with Crippen LogP contribution in [0.3, 0.4) is 0 Å². The smallest absolute Gasteiger partial charge is 0.270 e. The minimum absolute atomic E-state index is 0.168. The zero-order valence-corrected chi connectivity index (χ0v) is 19.4. The summed E-state index contributed by atoms with van der Waals surface area (Å²) in [5.41, 5.74) is 2.03. The molecule has 0 radical (unpaired) electrons. The van der Waals surface area contributed by atoms with Crippen molar-refractivity contribution in [2.24, 2.45) is 11.8 Å². The third-order valence-corrected chi connectivity index (χ3v) is 7.88. The Kier molecular flexibility index (Phi) is 7.10. The molecule has 1 amide bonds. The summed E-state index contributed by atoms with van der Waals surface area (Å²) in [5.74, 6) is 0.217. The van der Waals surface area contributed by atoms with Gasteiger partial charge in [-0.1, -0.05) is 44.2 Å². The predicted octanol–water partition coefficient (Wildman–Crippen LogP) is 3.41. The van der Waals surface area contributed by atoms with Gasteiger partial charge < -0.3 is 10.2 Å². The minimum Gasteiger partial charge on any atom is -0.371 e. The van der Waals surface area contributed by atoms with Crippen LogP contribution in [0.15, 0.2) is 28.6 Å². The second kappa shape index (κ2) is 9.40. The molecule has 2 N–H and O–H groups in total. The first-order chi connectivity index (χ1) is 14.2. The molecule has 2 atom stereocenters. The molecule has 0 spiro atoms. The van der Waals surface area contributed by atoms with Gasteiger partial charge in [0.1, 0.15) is 0 Å². The Balaban J connectivity index is 1.65. The summed E-state index contributed by atoms with van der Waals surface area (Å²) in [6, 6.07) is 7.57. The number of aromatic nitrogens is 2. The van der Waals surface area contributed by atoms with Crippen LogP contribution in [-0.4, -0.2) is 37.6 Å². The lowest BCUT2D eigenvalue weighted by atomic mass is 9.99. The molecule has 8 nitrogen and oxygen atoms in total. The van der Waals surface area contributed by atoms with E-state index in [0.717, 1.165) is 35.7 Å². The van der Waals surface area contributed by atoms with Gasteiger partial charge in [0.2, 0.25) is 15.4 Å². The molecule has 0 saturated carbocycles. The number of benzene rings is 1. The Bertz CT molecular complexity index is 973. The molecule has 1 aromatic heterocycles. The van der Waals surface area contributed by atoms with Crippen LogP contribution in [-0.2, 0) is 14.8 Å². The first kappa shape index (κ1) is 22.6. The first-order valence-corrected chi connectivity index (χ1v) is 12.5. The lowest BCUT2D eigenvalue weighted by Gasteiger charge is -2.33. The molecular weight excluding hydrogens is 422 g/mol. The summed E-state index contributed by atoms with van der Waals surface area (Å²) in [6.45, 7) is 9.65. The maximum Gasteiger partial charge on any atom is 0.270 e. The molecule has 164 valence electrons. The van der Waals surface area contributed by atoms with Gasteiger partial charge in [-0.2, -0.15) is 0 Å². The van der Waals surface area contributed by atoms with Gasteiger partial charge in [0.25, 0.3) is 10.0 Å². The van der Waals surface area contributed by atoms with Crippen molar-refractivity contribution in [1.29, 1.82) is 0 Å². The molecule has 1 saturated heterocycles. The van der Waals surface area contributed by atoms with Crippen LogP contribution in [0.1, 0.15) is 52.1 Å². The second-order valence-corrected chi connectivity index (χ2v) is 11.0. The van der Waals surface area contributed by atoms with Crippen molar-refractivity contribution in [1.82, 2.24) is 14.9 Å². The summed E-state index contributed by atoms with van der Waals surface area (Å²) in [5, 5.41) is 10.2. The number of hydrogen-bond donors (Lipinski definition) is 2. The van der Waals surface area contributed by atoms with Gasteiger partial charge in [-0.3, -0.25) is 4.79 Å². The highest BCUT2D eigenvalue weighted by Gasteiger charge is 2.24. The van der Waals surface area contributed by atoms with Crippen molar-refractivity contribution in [2.75, 3.05) is 23.3 Å². The van der Waals surface area contributed by atoms with E-state index in [4.69, 9.17) is 0 Å². The minimum atomic E-state index is -3.85. The molecule has 2 heterocycles. The van der Waals surface area contributed by atoms with Crippen molar-refractivity contribution < 1.29 is 13.2 Å². The Morgan fingerprint density at radius 1 is 1.20 bits per heavy atom. The van der Waals surface area contributed by atoms with Crippen molar-refractivity contribution in [3.05, 3.63) is 29.8 Å². The third-order valence-electron chi connectivity index (χ3n) is 5.14. The zero-order chi connectivity index (χ0) is 21.9. The fraction of sp³-hybridized carbons (Fsp3) is 0.550. The Hall–Kier alpha value is -2.04. The molecule has 0 aliphatic carbocycles. The van der Waals surface area contributed by atoms with E-state index in [9.17, 15) is 13.2 Å². The lowest BCUT2D eigenvalue weighted by molar-refractivity contribution is -0.118. The van der Waals surface area contributed by atoms with E-state index in [1.54, 1.807) is 20.8 Å². The van der Waals surface area contributed by atoms with Crippen LogP contribution < -0.4 is 14.9 Å². The van der Waals surface area contributed by atoms with E-state index >= 15 is 0 Å². The molecule has 3 rings (SSSR count). The molecule has 0 bridgehead atoms. The fourth-order valence-electron chi connectivity index (χ4n) is 3.37. The van der Waals surface area contributed by atoms with Gasteiger partial charge >= 0.3 is 0 Å². The molecule has 1 aliphatic rings. The number of anilines is 2. The number of sulfonamides is 1. The SMILES string of the molecule is CC(C)C(=O)Nc1nnc(S(=O)(=O)N[C@H](C)c2ccc(N3CCC[C@@H](C)C3)cc2)s1. The largest absolute Gasteiger partial charge is 0.371 e. The predicted molar refractivity (Wildman–Crippen MR) is 119 cm³/mol. The highest BCUT2D eigenvalue weighted by Crippen LogP contribution is 2.26. The fourth-order valence-corrected chi connectivity index (χ4v) is 5.52. The summed E-state index contributed by atoms with van der Waals surface area (Å²) in [4.78, 5) is 14.1. The van der Waals surface area contributed by atoms with Gasteiger partial charge in [-0.15, -0.1) is 10.2 Å². The molecular formula is C20H29N5O3S2. The van der Waals surface area contributed by atoms with Crippen molar-refractivity contribution >= 4 is 38.1 Å². The quantitative estimate of drug-likeness (QED) is 0.625. The van der Waals surface area contributed by atoms with Gasteiger partial charge in [-0.05, 0) is 43.4 Å². The van der Waals surface area contributed by atoms with E-state index in [2.05, 4.69) is 32.1 Å². The van der Waals surface area contributed by atoms with Gasteiger partial charge in [0, 0.05) is 30.7 Å². The topological polar surface area (TPSA) is 104 Å². The molecule has 1 aromatic carbocycles. The standard InChI is InChI=1S/C20H29N5O3S2/c1-13(2)18(26)21-19-22-23-20(29-19)30(27,28)24-15(4)16-7-9-17(10-8-16)25-11-5-6-14(3)12-25/h7-10,13-15,24H,5-6,11-12H2,1-4H3,(H,21,22,26)/t14-,15-/m1/s1.